The van der Waals surface area contributed by atoms with Crippen molar-refractivity contribution in [1.29, 1.82) is 0 Å². The Morgan fingerprint density at radius 1 is 1.06 bits per heavy atom. The van der Waals surface area contributed by atoms with Crippen LogP contribution in [-0.4, -0.2) is 62.2 Å². The number of nitrogens with zero attached hydrogens (tertiary/aromatic N) is 2. The van der Waals surface area contributed by atoms with Crippen molar-refractivity contribution in [2.45, 2.75) is 52.6 Å². The number of unbranched alkanes of at least 4 members (excludes halogenated alkanes) is 1. The fraction of sp³-hybridized carbons (Fsp3) is 0.591. The molecule has 0 saturated heterocycles. The monoisotopic (exact) mass is 547 g/mol. The Bertz CT molecular complexity index is 700. The van der Waals surface area contributed by atoms with E-state index in [9.17, 15) is 9.59 Å². The van der Waals surface area contributed by atoms with Crippen molar-refractivity contribution < 1.29 is 14.3 Å². The maximum Gasteiger partial charge on any atom is 0.412 e. The predicted molar refractivity (Wildman–Crippen MR) is 137 cm³/mol. The molecular weight excluding hydrogens is 509 g/mol. The summed E-state index contributed by atoms with van der Waals surface area (Å²) in [5.74, 6) is 0.599. The number of likely N-dealkylation sites (N-methyl/N-ethyl adjacent to an activating group) is 1. The fourth-order valence-corrected chi connectivity index (χ4v) is 2.35. The normalized spacial score (nSPS) is 11.2. The number of rotatable bonds is 9. The number of halogens is 1. The number of anilines is 1. The standard InChI is InChI=1S/C22H37N5O3.HI/c1-7-8-14-23-20(25-16-19(28)27(5)6)24-15-13-17-9-11-18(12-10-17)26-21(29)30-22(2,3)4;/h9-12H,7-8,13-16H2,1-6H3,(H,26,29)(H2,23,24,25);1H. The molecule has 3 N–H and O–H groups in total. The molecule has 0 aliphatic rings. The molecule has 176 valence electrons. The van der Waals surface area contributed by atoms with Crippen LogP contribution in [0.3, 0.4) is 0 Å². The summed E-state index contributed by atoms with van der Waals surface area (Å²) in [5.41, 5.74) is 1.28. The number of hydrogen-bond acceptors (Lipinski definition) is 4. The largest absolute Gasteiger partial charge is 0.444 e. The average molecular weight is 547 g/mol. The van der Waals surface area contributed by atoms with E-state index in [1.807, 2.05) is 45.0 Å². The van der Waals surface area contributed by atoms with Gasteiger partial charge in [-0.1, -0.05) is 25.5 Å². The number of benzene rings is 1. The maximum atomic E-state index is 11.8. The van der Waals surface area contributed by atoms with Gasteiger partial charge in [0.15, 0.2) is 5.96 Å². The Balaban J connectivity index is 0.00000900. The molecular formula is C22H38IN5O3. The third-order valence-electron chi connectivity index (χ3n) is 4.00. The van der Waals surface area contributed by atoms with Crippen LogP contribution in [0.1, 0.15) is 46.1 Å². The number of ether oxygens (including phenoxy) is 1. The van der Waals surface area contributed by atoms with Crippen molar-refractivity contribution in [1.82, 2.24) is 15.5 Å². The molecule has 0 unspecified atom stereocenters. The highest BCUT2D eigenvalue weighted by Gasteiger charge is 2.16. The van der Waals surface area contributed by atoms with Gasteiger partial charge in [0.2, 0.25) is 5.91 Å². The summed E-state index contributed by atoms with van der Waals surface area (Å²) in [7, 11) is 3.44. The zero-order chi connectivity index (χ0) is 22.6. The molecule has 0 aliphatic heterocycles. The maximum absolute atomic E-state index is 11.8. The Morgan fingerprint density at radius 3 is 2.23 bits per heavy atom. The van der Waals surface area contributed by atoms with Crippen molar-refractivity contribution in [3.63, 3.8) is 0 Å². The fourth-order valence-electron chi connectivity index (χ4n) is 2.35. The number of hydrogen-bond donors (Lipinski definition) is 3. The summed E-state index contributed by atoms with van der Waals surface area (Å²) in [6.45, 7) is 9.20. The zero-order valence-corrected chi connectivity index (χ0v) is 21.9. The summed E-state index contributed by atoms with van der Waals surface area (Å²) in [6, 6.07) is 7.63. The lowest BCUT2D eigenvalue weighted by atomic mass is 10.1. The average Bonchev–Trinajstić information content (AvgIpc) is 2.65. The molecule has 0 saturated carbocycles. The quantitative estimate of drug-likeness (QED) is 0.190. The van der Waals surface area contributed by atoms with E-state index >= 15 is 0 Å². The van der Waals surface area contributed by atoms with E-state index in [2.05, 4.69) is 27.9 Å². The van der Waals surface area contributed by atoms with Crippen molar-refractivity contribution in [3.05, 3.63) is 29.8 Å². The number of carbonyl (C=O) groups excluding carboxylic acids is 2. The van der Waals surface area contributed by atoms with Gasteiger partial charge in [-0.25, -0.2) is 9.79 Å². The first-order chi connectivity index (χ1) is 14.1. The van der Waals surface area contributed by atoms with Crippen LogP contribution in [-0.2, 0) is 16.0 Å². The van der Waals surface area contributed by atoms with Crippen LogP contribution in [0.15, 0.2) is 29.3 Å². The lowest BCUT2D eigenvalue weighted by molar-refractivity contribution is -0.127. The number of aliphatic imine (C=N–C) groups is 1. The minimum atomic E-state index is -0.530. The molecule has 0 aromatic heterocycles. The van der Waals surface area contributed by atoms with Gasteiger partial charge in [0.1, 0.15) is 12.1 Å². The van der Waals surface area contributed by atoms with Gasteiger partial charge in [-0.3, -0.25) is 10.1 Å². The minimum Gasteiger partial charge on any atom is -0.444 e. The van der Waals surface area contributed by atoms with Gasteiger partial charge in [0, 0.05) is 32.9 Å². The first-order valence-corrected chi connectivity index (χ1v) is 10.4. The van der Waals surface area contributed by atoms with Crippen LogP contribution in [0.5, 0.6) is 0 Å². The lowest BCUT2D eigenvalue weighted by Crippen LogP contribution is -2.40. The zero-order valence-electron chi connectivity index (χ0n) is 19.6. The van der Waals surface area contributed by atoms with Crippen molar-refractivity contribution in [3.8, 4) is 0 Å². The van der Waals surface area contributed by atoms with Gasteiger partial charge < -0.3 is 20.3 Å². The highest BCUT2D eigenvalue weighted by molar-refractivity contribution is 14.0. The highest BCUT2D eigenvalue weighted by atomic mass is 127. The second-order valence-electron chi connectivity index (χ2n) is 8.23. The molecule has 1 aromatic carbocycles. The van der Waals surface area contributed by atoms with Gasteiger partial charge in [-0.2, -0.15) is 0 Å². The van der Waals surface area contributed by atoms with Gasteiger partial charge >= 0.3 is 6.09 Å². The van der Waals surface area contributed by atoms with Gasteiger partial charge in [0.05, 0.1) is 0 Å². The molecule has 0 fully saturated rings. The van der Waals surface area contributed by atoms with Crippen LogP contribution in [0, 0.1) is 0 Å². The Hall–Kier alpha value is -2.04. The van der Waals surface area contributed by atoms with E-state index in [0.29, 0.717) is 18.2 Å². The number of guanidine groups is 1. The van der Waals surface area contributed by atoms with E-state index in [1.165, 1.54) is 4.90 Å². The van der Waals surface area contributed by atoms with Crippen LogP contribution >= 0.6 is 24.0 Å². The van der Waals surface area contributed by atoms with E-state index in [-0.39, 0.29) is 36.4 Å². The lowest BCUT2D eigenvalue weighted by Gasteiger charge is -2.19. The number of carbonyl (C=O) groups is 2. The molecule has 8 nitrogen and oxygen atoms in total. The topological polar surface area (TPSA) is 95.1 Å². The summed E-state index contributed by atoms with van der Waals surface area (Å²) in [6.07, 6.45) is 2.43. The molecule has 0 atom stereocenters. The summed E-state index contributed by atoms with van der Waals surface area (Å²) >= 11 is 0. The smallest absolute Gasteiger partial charge is 0.412 e. The van der Waals surface area contributed by atoms with E-state index in [4.69, 9.17) is 4.74 Å². The Morgan fingerprint density at radius 2 is 1.68 bits per heavy atom. The molecule has 0 spiro atoms. The van der Waals surface area contributed by atoms with Crippen LogP contribution in [0.25, 0.3) is 0 Å². The molecule has 2 amide bonds. The second kappa shape index (κ2) is 14.9. The number of amides is 2. The van der Waals surface area contributed by atoms with Gasteiger partial charge in [0.25, 0.3) is 0 Å². The minimum absolute atomic E-state index is 0. The summed E-state index contributed by atoms with van der Waals surface area (Å²) < 4.78 is 5.25. The number of nitrogens with one attached hydrogen (secondary N) is 3. The first kappa shape index (κ1) is 29.0. The molecule has 0 radical (unpaired) electrons. The molecule has 0 aliphatic carbocycles. The van der Waals surface area contributed by atoms with Gasteiger partial charge in [-0.05, 0) is 51.3 Å². The predicted octanol–water partition coefficient (Wildman–Crippen LogP) is 3.62. The first-order valence-electron chi connectivity index (χ1n) is 10.4. The summed E-state index contributed by atoms with van der Waals surface area (Å²) in [5, 5.41) is 9.25. The van der Waals surface area contributed by atoms with Crippen LogP contribution in [0.2, 0.25) is 0 Å². The van der Waals surface area contributed by atoms with Crippen LogP contribution < -0.4 is 16.0 Å². The highest BCUT2D eigenvalue weighted by Crippen LogP contribution is 2.13. The SMILES string of the molecule is CCCCNC(=NCC(=O)N(C)C)NCCc1ccc(NC(=O)OC(C)(C)C)cc1.I. The molecule has 0 bridgehead atoms. The third-order valence-corrected chi connectivity index (χ3v) is 4.00. The molecule has 9 heteroatoms. The van der Waals surface area contributed by atoms with Crippen molar-refractivity contribution in [2.24, 2.45) is 4.99 Å². The Kier molecular flexibility index (Phi) is 13.9. The van der Waals surface area contributed by atoms with Crippen molar-refractivity contribution in [2.75, 3.05) is 39.0 Å². The molecule has 1 aromatic rings. The Labute approximate surface area is 203 Å². The third kappa shape index (κ3) is 13.8. The summed E-state index contributed by atoms with van der Waals surface area (Å²) in [4.78, 5) is 29.5. The second-order valence-corrected chi connectivity index (χ2v) is 8.23. The van der Waals surface area contributed by atoms with E-state index in [0.717, 1.165) is 31.4 Å². The van der Waals surface area contributed by atoms with Crippen molar-refractivity contribution >= 4 is 47.6 Å². The molecule has 31 heavy (non-hydrogen) atoms. The van der Waals surface area contributed by atoms with E-state index < -0.39 is 11.7 Å². The molecule has 0 heterocycles. The molecule has 1 rings (SSSR count). The van der Waals surface area contributed by atoms with Crippen LogP contribution in [0.4, 0.5) is 10.5 Å². The van der Waals surface area contributed by atoms with Gasteiger partial charge in [-0.15, -0.1) is 24.0 Å². The van der Waals surface area contributed by atoms with E-state index in [1.54, 1.807) is 14.1 Å².